The van der Waals surface area contributed by atoms with Crippen LogP contribution in [0.3, 0.4) is 0 Å². The van der Waals surface area contributed by atoms with E-state index in [1.807, 2.05) is 12.1 Å². The van der Waals surface area contributed by atoms with Crippen molar-refractivity contribution in [2.45, 2.75) is 43.2 Å². The molecule has 1 amide bonds. The lowest BCUT2D eigenvalue weighted by molar-refractivity contribution is -0.125. The van der Waals surface area contributed by atoms with Crippen molar-refractivity contribution in [3.05, 3.63) is 77.6 Å². The number of piperidine rings is 1. The van der Waals surface area contributed by atoms with Crippen LogP contribution in [0.25, 0.3) is 0 Å². The summed E-state index contributed by atoms with van der Waals surface area (Å²) >= 11 is 1.62. The van der Waals surface area contributed by atoms with Crippen molar-refractivity contribution in [3.8, 4) is 0 Å². The standard InChI is InChI=1S/C25H28N4OS/c1-18-7-5-11-22(15-18)31-25-23(26-12-13-27-25)29-14-6-10-21(17-29)24(30)28-16-20-9-4-3-8-19(20)2/h3-5,7-9,11-13,15,21H,6,10,14,16-17H2,1-2H3,(H,28,30). The number of rotatable bonds is 6. The SMILES string of the molecule is Cc1cccc(Sc2nccnc2N2CCCC(C(=O)NCc3ccccc3C)C2)c1. The van der Waals surface area contributed by atoms with Gasteiger partial charge in [0.25, 0.3) is 0 Å². The Morgan fingerprint density at radius 3 is 2.81 bits per heavy atom. The van der Waals surface area contributed by atoms with E-state index < -0.39 is 0 Å². The van der Waals surface area contributed by atoms with E-state index in [2.05, 4.69) is 70.4 Å². The van der Waals surface area contributed by atoms with Gasteiger partial charge in [-0.3, -0.25) is 4.79 Å². The second kappa shape index (κ2) is 9.96. The highest BCUT2D eigenvalue weighted by molar-refractivity contribution is 7.99. The summed E-state index contributed by atoms with van der Waals surface area (Å²) in [7, 11) is 0. The molecular weight excluding hydrogens is 404 g/mol. The fraction of sp³-hybridized carbons (Fsp3) is 0.320. The molecule has 1 aliphatic heterocycles. The van der Waals surface area contributed by atoms with Gasteiger partial charge in [-0.25, -0.2) is 9.97 Å². The minimum Gasteiger partial charge on any atom is -0.354 e. The Balaban J connectivity index is 1.44. The van der Waals surface area contributed by atoms with E-state index in [4.69, 9.17) is 0 Å². The molecule has 0 aliphatic carbocycles. The summed E-state index contributed by atoms with van der Waals surface area (Å²) in [6.45, 7) is 6.29. The van der Waals surface area contributed by atoms with Crippen LogP contribution in [0.15, 0.2) is 70.8 Å². The minimum absolute atomic E-state index is 0.0448. The lowest BCUT2D eigenvalue weighted by Crippen LogP contribution is -2.43. The number of benzene rings is 2. The molecule has 0 radical (unpaired) electrons. The smallest absolute Gasteiger partial charge is 0.225 e. The van der Waals surface area contributed by atoms with Crippen LogP contribution in [0, 0.1) is 19.8 Å². The average Bonchev–Trinajstić information content (AvgIpc) is 2.79. The molecule has 2 heterocycles. The summed E-state index contributed by atoms with van der Waals surface area (Å²) in [5.41, 5.74) is 3.58. The normalized spacial score (nSPS) is 16.2. The molecule has 1 fully saturated rings. The highest BCUT2D eigenvalue weighted by Gasteiger charge is 2.28. The number of aromatic nitrogens is 2. The molecule has 1 unspecified atom stereocenters. The van der Waals surface area contributed by atoms with E-state index in [1.165, 1.54) is 11.1 Å². The fourth-order valence-corrected chi connectivity index (χ4v) is 4.92. The van der Waals surface area contributed by atoms with Crippen LogP contribution in [-0.4, -0.2) is 29.0 Å². The zero-order chi connectivity index (χ0) is 21.6. The van der Waals surface area contributed by atoms with Crippen molar-refractivity contribution in [1.29, 1.82) is 0 Å². The average molecular weight is 433 g/mol. The minimum atomic E-state index is -0.0448. The van der Waals surface area contributed by atoms with E-state index in [0.29, 0.717) is 13.1 Å². The number of hydrogen-bond donors (Lipinski definition) is 1. The Bertz CT molecular complexity index is 1050. The van der Waals surface area contributed by atoms with Crippen LogP contribution < -0.4 is 10.2 Å². The molecule has 0 saturated carbocycles. The number of carbonyl (C=O) groups excluding carboxylic acids is 1. The van der Waals surface area contributed by atoms with E-state index in [1.54, 1.807) is 24.2 Å². The number of carbonyl (C=O) groups is 1. The molecule has 6 heteroatoms. The quantitative estimate of drug-likeness (QED) is 0.608. The van der Waals surface area contributed by atoms with Gasteiger partial charge in [-0.1, -0.05) is 53.7 Å². The lowest BCUT2D eigenvalue weighted by atomic mass is 9.97. The fourth-order valence-electron chi connectivity index (χ4n) is 3.92. The Hall–Kier alpha value is -2.86. The van der Waals surface area contributed by atoms with Crippen LogP contribution in [0.5, 0.6) is 0 Å². The first-order chi connectivity index (χ1) is 15.1. The monoisotopic (exact) mass is 432 g/mol. The largest absolute Gasteiger partial charge is 0.354 e. The molecule has 1 saturated heterocycles. The van der Waals surface area contributed by atoms with Crippen LogP contribution >= 0.6 is 11.8 Å². The van der Waals surface area contributed by atoms with Crippen LogP contribution in [0.4, 0.5) is 5.82 Å². The third kappa shape index (κ3) is 5.44. The number of nitrogens with zero attached hydrogens (tertiary/aromatic N) is 3. The third-order valence-electron chi connectivity index (χ3n) is 5.66. The Morgan fingerprint density at radius 2 is 1.97 bits per heavy atom. The second-order valence-electron chi connectivity index (χ2n) is 8.03. The second-order valence-corrected chi connectivity index (χ2v) is 9.10. The first-order valence-electron chi connectivity index (χ1n) is 10.7. The summed E-state index contributed by atoms with van der Waals surface area (Å²) in [4.78, 5) is 25.5. The van der Waals surface area contributed by atoms with Gasteiger partial charge in [0.2, 0.25) is 5.91 Å². The molecule has 1 aromatic heterocycles. The van der Waals surface area contributed by atoms with Gasteiger partial charge in [-0.05, 0) is 49.9 Å². The van der Waals surface area contributed by atoms with Gasteiger partial charge < -0.3 is 10.2 Å². The van der Waals surface area contributed by atoms with Crippen molar-refractivity contribution in [2.24, 2.45) is 5.92 Å². The molecule has 31 heavy (non-hydrogen) atoms. The zero-order valence-electron chi connectivity index (χ0n) is 18.0. The van der Waals surface area contributed by atoms with Crippen molar-refractivity contribution >= 4 is 23.5 Å². The van der Waals surface area contributed by atoms with Gasteiger partial charge in [-0.15, -0.1) is 0 Å². The van der Waals surface area contributed by atoms with Crippen LogP contribution in [0.2, 0.25) is 0 Å². The van der Waals surface area contributed by atoms with Crippen molar-refractivity contribution in [3.63, 3.8) is 0 Å². The molecule has 5 nitrogen and oxygen atoms in total. The Labute approximate surface area is 188 Å². The number of amides is 1. The summed E-state index contributed by atoms with van der Waals surface area (Å²) in [6, 6.07) is 16.6. The molecule has 1 N–H and O–H groups in total. The molecule has 1 aliphatic rings. The molecule has 4 rings (SSSR count). The Kier molecular flexibility index (Phi) is 6.87. The number of hydrogen-bond acceptors (Lipinski definition) is 5. The number of anilines is 1. The maximum absolute atomic E-state index is 12.9. The molecule has 3 aromatic rings. The summed E-state index contributed by atoms with van der Waals surface area (Å²) in [5.74, 6) is 0.937. The van der Waals surface area contributed by atoms with E-state index in [-0.39, 0.29) is 11.8 Å². The molecule has 0 spiro atoms. The highest BCUT2D eigenvalue weighted by atomic mass is 32.2. The third-order valence-corrected chi connectivity index (χ3v) is 6.63. The highest BCUT2D eigenvalue weighted by Crippen LogP contribution is 2.34. The maximum atomic E-state index is 12.9. The number of aryl methyl sites for hydroxylation is 2. The Morgan fingerprint density at radius 1 is 1.13 bits per heavy atom. The molecule has 0 bridgehead atoms. The molecule has 2 aromatic carbocycles. The molecular formula is C25H28N4OS. The first kappa shape index (κ1) is 21.4. The van der Waals surface area contributed by atoms with E-state index in [0.717, 1.165) is 40.7 Å². The first-order valence-corrected chi connectivity index (χ1v) is 11.5. The lowest BCUT2D eigenvalue weighted by Gasteiger charge is -2.33. The maximum Gasteiger partial charge on any atom is 0.225 e. The topological polar surface area (TPSA) is 58.1 Å². The molecule has 1 atom stereocenters. The van der Waals surface area contributed by atoms with Gasteiger partial charge in [0.15, 0.2) is 5.82 Å². The van der Waals surface area contributed by atoms with E-state index >= 15 is 0 Å². The van der Waals surface area contributed by atoms with Crippen molar-refractivity contribution in [2.75, 3.05) is 18.0 Å². The van der Waals surface area contributed by atoms with Crippen molar-refractivity contribution < 1.29 is 4.79 Å². The van der Waals surface area contributed by atoms with Gasteiger partial charge >= 0.3 is 0 Å². The predicted octanol–water partition coefficient (Wildman–Crippen LogP) is 4.78. The summed E-state index contributed by atoms with van der Waals surface area (Å²) < 4.78 is 0. The predicted molar refractivity (Wildman–Crippen MR) is 125 cm³/mol. The van der Waals surface area contributed by atoms with E-state index in [9.17, 15) is 4.79 Å². The van der Waals surface area contributed by atoms with Gasteiger partial charge in [0.05, 0.1) is 5.92 Å². The summed E-state index contributed by atoms with van der Waals surface area (Å²) in [6.07, 6.45) is 5.33. The van der Waals surface area contributed by atoms with Gasteiger partial charge in [0, 0.05) is 36.9 Å². The van der Waals surface area contributed by atoms with Gasteiger partial charge in [0.1, 0.15) is 5.03 Å². The number of nitrogens with one attached hydrogen (secondary N) is 1. The van der Waals surface area contributed by atoms with Crippen LogP contribution in [-0.2, 0) is 11.3 Å². The zero-order valence-corrected chi connectivity index (χ0v) is 18.9. The van der Waals surface area contributed by atoms with Crippen molar-refractivity contribution in [1.82, 2.24) is 15.3 Å². The van der Waals surface area contributed by atoms with Gasteiger partial charge in [-0.2, -0.15) is 0 Å². The molecule has 160 valence electrons. The summed E-state index contributed by atoms with van der Waals surface area (Å²) in [5, 5.41) is 4.02. The van der Waals surface area contributed by atoms with Crippen LogP contribution in [0.1, 0.15) is 29.5 Å².